The summed E-state index contributed by atoms with van der Waals surface area (Å²) in [6.07, 6.45) is 1.75. The average molecular weight is 453 g/mol. The lowest BCUT2D eigenvalue weighted by molar-refractivity contribution is -0.119. The van der Waals surface area contributed by atoms with Gasteiger partial charge in [-0.15, -0.1) is 10.2 Å². The molecule has 2 aromatic carbocycles. The van der Waals surface area contributed by atoms with Gasteiger partial charge in [0.05, 0.1) is 11.9 Å². The molecule has 1 fully saturated rings. The van der Waals surface area contributed by atoms with E-state index in [4.69, 9.17) is 14.2 Å². The second-order valence-corrected chi connectivity index (χ2v) is 8.55. The molecule has 5 rings (SSSR count). The van der Waals surface area contributed by atoms with Crippen molar-refractivity contribution in [1.29, 1.82) is 0 Å². The highest BCUT2D eigenvalue weighted by atomic mass is 32.2. The molecule has 0 spiro atoms. The van der Waals surface area contributed by atoms with E-state index in [2.05, 4.69) is 15.5 Å². The largest absolute Gasteiger partial charge is 0.485 e. The van der Waals surface area contributed by atoms with Gasteiger partial charge < -0.3 is 19.5 Å². The van der Waals surface area contributed by atoms with Crippen LogP contribution in [0, 0.1) is 0 Å². The van der Waals surface area contributed by atoms with Crippen molar-refractivity contribution in [3.63, 3.8) is 0 Å². The fourth-order valence-electron chi connectivity index (χ4n) is 3.76. The summed E-state index contributed by atoms with van der Waals surface area (Å²) in [7, 11) is 0. The van der Waals surface area contributed by atoms with Crippen LogP contribution in [0.15, 0.2) is 59.8 Å². The number of hydrogen-bond acceptors (Lipinski definition) is 7. The summed E-state index contributed by atoms with van der Waals surface area (Å²) < 4.78 is 19.5. The second kappa shape index (κ2) is 9.62. The summed E-state index contributed by atoms with van der Waals surface area (Å²) in [5.41, 5.74) is 0.900. The number of nitrogens with one attached hydrogen (secondary N) is 1. The second-order valence-electron chi connectivity index (χ2n) is 7.60. The normalized spacial score (nSPS) is 19.6. The summed E-state index contributed by atoms with van der Waals surface area (Å²) in [6.45, 7) is 1.65. The van der Waals surface area contributed by atoms with Gasteiger partial charge >= 0.3 is 0 Å². The van der Waals surface area contributed by atoms with Crippen LogP contribution in [0.3, 0.4) is 0 Å². The van der Waals surface area contributed by atoms with Crippen LogP contribution in [0.1, 0.15) is 24.8 Å². The molecule has 32 heavy (non-hydrogen) atoms. The van der Waals surface area contributed by atoms with Crippen LogP contribution in [-0.2, 0) is 9.53 Å². The van der Waals surface area contributed by atoms with E-state index in [-0.39, 0.29) is 17.8 Å². The summed E-state index contributed by atoms with van der Waals surface area (Å²) in [5.74, 6) is 2.21. The molecule has 0 saturated carbocycles. The number of amides is 1. The van der Waals surface area contributed by atoms with Crippen molar-refractivity contribution in [2.24, 2.45) is 0 Å². The third kappa shape index (κ3) is 4.58. The molecule has 1 N–H and O–H groups in total. The van der Waals surface area contributed by atoms with E-state index >= 15 is 0 Å². The quantitative estimate of drug-likeness (QED) is 0.551. The first kappa shape index (κ1) is 20.8. The molecular weight excluding hydrogens is 428 g/mol. The van der Waals surface area contributed by atoms with Gasteiger partial charge in [0.25, 0.3) is 0 Å². The number of fused-ring (bicyclic) bond motifs is 1. The van der Waals surface area contributed by atoms with E-state index in [1.165, 1.54) is 11.8 Å². The first-order valence-electron chi connectivity index (χ1n) is 10.7. The predicted octanol–water partition coefficient (Wildman–Crippen LogP) is 3.17. The highest BCUT2D eigenvalue weighted by molar-refractivity contribution is 7.99. The maximum absolute atomic E-state index is 12.4. The topological polar surface area (TPSA) is 87.5 Å². The zero-order valence-corrected chi connectivity index (χ0v) is 18.3. The Labute approximate surface area is 190 Å². The maximum Gasteiger partial charge on any atom is 0.230 e. The fourth-order valence-corrected chi connectivity index (χ4v) is 4.55. The molecule has 3 aromatic rings. The Hall–Kier alpha value is -3.04. The van der Waals surface area contributed by atoms with E-state index < -0.39 is 6.10 Å². The zero-order valence-electron chi connectivity index (χ0n) is 17.5. The first-order valence-corrected chi connectivity index (χ1v) is 11.7. The fraction of sp³-hybridized carbons (Fsp3) is 0.348. The van der Waals surface area contributed by atoms with Gasteiger partial charge in [0.2, 0.25) is 5.91 Å². The summed E-state index contributed by atoms with van der Waals surface area (Å²) in [4.78, 5) is 12.4. The molecule has 1 saturated heterocycles. The van der Waals surface area contributed by atoms with Crippen LogP contribution in [0.2, 0.25) is 0 Å². The molecule has 2 aliphatic rings. The molecule has 2 aliphatic heterocycles. The van der Waals surface area contributed by atoms with Crippen molar-refractivity contribution in [1.82, 2.24) is 20.1 Å². The third-order valence-electron chi connectivity index (χ3n) is 5.35. The third-order valence-corrected chi connectivity index (χ3v) is 6.28. The summed E-state index contributed by atoms with van der Waals surface area (Å²) >= 11 is 1.34. The van der Waals surface area contributed by atoms with Gasteiger partial charge in [-0.25, -0.2) is 0 Å². The number of thioether (sulfide) groups is 1. The minimum Gasteiger partial charge on any atom is -0.485 e. The molecule has 0 radical (unpaired) electrons. The first-order chi connectivity index (χ1) is 15.8. The minimum atomic E-state index is -0.416. The Kier molecular flexibility index (Phi) is 6.27. The van der Waals surface area contributed by atoms with E-state index in [1.807, 2.05) is 59.2 Å². The van der Waals surface area contributed by atoms with E-state index in [1.54, 1.807) is 0 Å². The Morgan fingerprint density at radius 2 is 1.91 bits per heavy atom. The number of hydrogen-bond donors (Lipinski definition) is 1. The Bertz CT molecular complexity index is 1070. The van der Waals surface area contributed by atoms with E-state index in [0.29, 0.717) is 35.6 Å². The highest BCUT2D eigenvalue weighted by Crippen LogP contribution is 2.36. The monoisotopic (exact) mass is 452 g/mol. The van der Waals surface area contributed by atoms with Crippen molar-refractivity contribution < 1.29 is 19.0 Å². The molecule has 8 nitrogen and oxygen atoms in total. The molecule has 0 unspecified atom stereocenters. The van der Waals surface area contributed by atoms with Gasteiger partial charge in [-0.1, -0.05) is 42.1 Å². The molecule has 0 bridgehead atoms. The van der Waals surface area contributed by atoms with Gasteiger partial charge in [0.1, 0.15) is 6.61 Å². The van der Waals surface area contributed by atoms with Crippen LogP contribution >= 0.6 is 11.8 Å². The van der Waals surface area contributed by atoms with Gasteiger partial charge in [0, 0.05) is 18.8 Å². The molecule has 3 heterocycles. The van der Waals surface area contributed by atoms with Crippen molar-refractivity contribution >= 4 is 17.7 Å². The minimum absolute atomic E-state index is 0.0548. The van der Waals surface area contributed by atoms with Gasteiger partial charge in [0.15, 0.2) is 28.6 Å². The Balaban J connectivity index is 1.33. The molecule has 1 amide bonds. The van der Waals surface area contributed by atoms with Crippen LogP contribution in [0.25, 0.3) is 5.69 Å². The number of benzene rings is 2. The molecular formula is C23H24N4O4S. The van der Waals surface area contributed by atoms with Crippen molar-refractivity contribution in [2.45, 2.75) is 30.2 Å². The summed E-state index contributed by atoms with van der Waals surface area (Å²) in [6, 6.07) is 17.4. The van der Waals surface area contributed by atoms with Crippen molar-refractivity contribution in [3.8, 4) is 17.2 Å². The van der Waals surface area contributed by atoms with Crippen molar-refractivity contribution in [3.05, 3.63) is 60.4 Å². The van der Waals surface area contributed by atoms with E-state index in [0.717, 1.165) is 25.1 Å². The van der Waals surface area contributed by atoms with E-state index in [9.17, 15) is 4.79 Å². The Morgan fingerprint density at radius 1 is 1.09 bits per heavy atom. The SMILES string of the molecule is O=C(CSc1nnc([C@H]2COc3ccccc3O2)n1-c1ccccc1)NC[C@@H]1CCCO1. The lowest BCUT2D eigenvalue weighted by Crippen LogP contribution is -2.33. The van der Waals surface area contributed by atoms with Crippen molar-refractivity contribution in [2.75, 3.05) is 25.5 Å². The smallest absolute Gasteiger partial charge is 0.230 e. The van der Waals surface area contributed by atoms with Gasteiger partial charge in [-0.3, -0.25) is 9.36 Å². The van der Waals surface area contributed by atoms with Crippen LogP contribution in [0.5, 0.6) is 11.5 Å². The predicted molar refractivity (Wildman–Crippen MR) is 119 cm³/mol. The molecule has 9 heteroatoms. The lowest BCUT2D eigenvalue weighted by Gasteiger charge is -2.26. The maximum atomic E-state index is 12.4. The van der Waals surface area contributed by atoms with Gasteiger partial charge in [-0.05, 0) is 37.1 Å². The Morgan fingerprint density at radius 3 is 2.72 bits per heavy atom. The zero-order chi connectivity index (χ0) is 21.8. The average Bonchev–Trinajstić information content (AvgIpc) is 3.52. The number of carbonyl (C=O) groups is 1. The number of nitrogens with zero attached hydrogens (tertiary/aromatic N) is 3. The summed E-state index contributed by atoms with van der Waals surface area (Å²) in [5, 5.41) is 12.4. The number of rotatable bonds is 7. The lowest BCUT2D eigenvalue weighted by atomic mass is 10.2. The number of ether oxygens (including phenoxy) is 3. The number of para-hydroxylation sites is 3. The number of carbonyl (C=O) groups excluding carboxylic acids is 1. The standard InChI is InChI=1S/C23H24N4O4S/c28-21(24-13-17-9-6-12-29-17)15-32-23-26-25-22(27(23)16-7-2-1-3-8-16)20-14-30-18-10-4-5-11-19(18)31-20/h1-5,7-8,10-11,17,20H,6,9,12-15H2,(H,24,28)/t17-,20+/m0/s1. The molecule has 1 aromatic heterocycles. The highest BCUT2D eigenvalue weighted by Gasteiger charge is 2.29. The molecule has 0 aliphatic carbocycles. The van der Waals surface area contributed by atoms with Gasteiger partial charge in [-0.2, -0.15) is 0 Å². The van der Waals surface area contributed by atoms with Crippen LogP contribution < -0.4 is 14.8 Å². The van der Waals surface area contributed by atoms with Crippen LogP contribution in [-0.4, -0.2) is 52.3 Å². The number of aromatic nitrogens is 3. The van der Waals surface area contributed by atoms with Crippen LogP contribution in [0.4, 0.5) is 0 Å². The molecule has 2 atom stereocenters. The molecule has 166 valence electrons.